The number of nitrogens with one attached hydrogen (secondary N) is 3. The van der Waals surface area contributed by atoms with E-state index in [4.69, 9.17) is 15.0 Å². The van der Waals surface area contributed by atoms with Gasteiger partial charge in [0.15, 0.2) is 0 Å². The summed E-state index contributed by atoms with van der Waals surface area (Å²) >= 11 is 0. The van der Waals surface area contributed by atoms with E-state index in [1.165, 1.54) is 18.4 Å². The number of nitrogens with zero attached hydrogens (tertiary/aromatic N) is 4. The summed E-state index contributed by atoms with van der Waals surface area (Å²) < 4.78 is 5.22. The number of carbonyl (C=O) groups is 1. The molecule has 0 spiro atoms. The van der Waals surface area contributed by atoms with E-state index in [0.29, 0.717) is 42.0 Å². The van der Waals surface area contributed by atoms with E-state index in [2.05, 4.69) is 38.1 Å². The Bertz CT molecular complexity index is 1230. The zero-order valence-corrected chi connectivity index (χ0v) is 20.1. The highest BCUT2D eigenvalue weighted by Gasteiger charge is 2.25. The molecule has 0 saturated heterocycles. The topological polar surface area (TPSA) is 125 Å². The Morgan fingerprint density at radius 2 is 1.91 bits per heavy atom. The fourth-order valence-electron chi connectivity index (χ4n) is 3.43. The zero-order valence-electron chi connectivity index (χ0n) is 20.1. The Morgan fingerprint density at radius 3 is 2.60 bits per heavy atom. The summed E-state index contributed by atoms with van der Waals surface area (Å²) in [4.78, 5) is 25.3. The van der Waals surface area contributed by atoms with Crippen molar-refractivity contribution in [3.63, 3.8) is 0 Å². The molecule has 3 heterocycles. The lowest BCUT2D eigenvalue weighted by Gasteiger charge is -2.19. The summed E-state index contributed by atoms with van der Waals surface area (Å²) in [6.07, 6.45) is 5.28. The normalized spacial score (nSPS) is 13.0. The van der Waals surface area contributed by atoms with Gasteiger partial charge in [-0.25, -0.2) is 19.7 Å². The van der Waals surface area contributed by atoms with Crippen LogP contribution in [-0.4, -0.2) is 39.7 Å². The average Bonchev–Trinajstić information content (AvgIpc) is 3.67. The van der Waals surface area contributed by atoms with Crippen LogP contribution in [0.1, 0.15) is 50.7 Å². The molecule has 4 rings (SSSR count). The minimum Gasteiger partial charge on any atom is -0.444 e. The molecule has 3 aromatic rings. The summed E-state index contributed by atoms with van der Waals surface area (Å²) in [5, 5.41) is 18.3. The molecule has 1 amide bonds. The van der Waals surface area contributed by atoms with Gasteiger partial charge in [0.25, 0.3) is 0 Å². The smallest absolute Gasteiger partial charge is 0.407 e. The Hall–Kier alpha value is -4.19. The first kappa shape index (κ1) is 24.0. The first-order valence-corrected chi connectivity index (χ1v) is 11.6. The molecule has 3 N–H and O–H groups in total. The van der Waals surface area contributed by atoms with Gasteiger partial charge in [-0.05, 0) is 81.5 Å². The number of hydrogen-bond acceptors (Lipinski definition) is 8. The number of aromatic nitrogens is 3. The highest BCUT2D eigenvalue weighted by Crippen LogP contribution is 2.42. The third kappa shape index (κ3) is 7.14. The van der Waals surface area contributed by atoms with E-state index in [0.717, 1.165) is 11.3 Å². The van der Waals surface area contributed by atoms with Gasteiger partial charge in [-0.3, -0.25) is 0 Å². The number of carbonyl (C=O) groups excluding carboxylic acids is 1. The van der Waals surface area contributed by atoms with Crippen molar-refractivity contribution in [3.05, 3.63) is 59.9 Å². The summed E-state index contributed by atoms with van der Waals surface area (Å²) in [5.74, 6) is 2.51. The van der Waals surface area contributed by atoms with Gasteiger partial charge >= 0.3 is 6.09 Å². The predicted octanol–water partition coefficient (Wildman–Crippen LogP) is 4.97. The molecule has 0 aromatic carbocycles. The largest absolute Gasteiger partial charge is 0.444 e. The lowest BCUT2D eigenvalue weighted by Crippen LogP contribution is -2.35. The van der Waals surface area contributed by atoms with Gasteiger partial charge in [0, 0.05) is 31.0 Å². The molecular formula is C26H29N7O2. The predicted molar refractivity (Wildman–Crippen MR) is 134 cm³/mol. The summed E-state index contributed by atoms with van der Waals surface area (Å²) in [6, 6.07) is 13.5. The van der Waals surface area contributed by atoms with Crippen LogP contribution in [0.2, 0.25) is 0 Å². The monoisotopic (exact) mass is 471 g/mol. The molecular weight excluding hydrogens is 442 g/mol. The number of nitriles is 1. The van der Waals surface area contributed by atoms with E-state index in [-0.39, 0.29) is 0 Å². The van der Waals surface area contributed by atoms with Crippen LogP contribution in [0.3, 0.4) is 0 Å². The van der Waals surface area contributed by atoms with Crippen LogP contribution in [0.15, 0.2) is 48.8 Å². The molecule has 0 bridgehead atoms. The second-order valence-electron chi connectivity index (χ2n) is 9.40. The van der Waals surface area contributed by atoms with Gasteiger partial charge in [0.05, 0.1) is 17.3 Å². The lowest BCUT2D eigenvalue weighted by atomic mass is 10.1. The molecule has 0 aliphatic heterocycles. The van der Waals surface area contributed by atoms with Crippen molar-refractivity contribution < 1.29 is 9.53 Å². The van der Waals surface area contributed by atoms with Crippen LogP contribution in [0.5, 0.6) is 0 Å². The number of alkyl carbamates (subject to hydrolysis) is 1. The standard InChI is InChI=1S/C26H29N7O2/c1-26(2,3)35-25(34)30-11-10-29-22-7-6-19(16-31-22)21-13-20(18-4-5-18)14-24(32-21)33-23-12-17(15-27)8-9-28-23/h6-9,12-14,16,18H,4-5,10-11H2,1-3H3,(H,29,31)(H,30,34)(H,28,32,33). The summed E-state index contributed by atoms with van der Waals surface area (Å²) in [5.41, 5.74) is 2.96. The van der Waals surface area contributed by atoms with E-state index in [1.807, 2.05) is 39.0 Å². The fraction of sp³-hybridized carbons (Fsp3) is 0.346. The summed E-state index contributed by atoms with van der Waals surface area (Å²) in [6.45, 7) is 6.41. The van der Waals surface area contributed by atoms with Crippen LogP contribution in [0.25, 0.3) is 11.3 Å². The first-order chi connectivity index (χ1) is 16.8. The molecule has 9 nitrogen and oxygen atoms in total. The zero-order chi connectivity index (χ0) is 24.8. The first-order valence-electron chi connectivity index (χ1n) is 11.6. The van der Waals surface area contributed by atoms with E-state index in [1.54, 1.807) is 24.5 Å². The maximum atomic E-state index is 11.7. The van der Waals surface area contributed by atoms with Crippen molar-refractivity contribution >= 4 is 23.5 Å². The molecule has 3 aromatic heterocycles. The van der Waals surface area contributed by atoms with Crippen molar-refractivity contribution in [2.24, 2.45) is 0 Å². The van der Waals surface area contributed by atoms with Gasteiger partial charge in [-0.1, -0.05) is 0 Å². The highest BCUT2D eigenvalue weighted by molar-refractivity contribution is 5.68. The minimum absolute atomic E-state index is 0.416. The van der Waals surface area contributed by atoms with Gasteiger partial charge in [-0.2, -0.15) is 5.26 Å². The molecule has 0 unspecified atom stereocenters. The van der Waals surface area contributed by atoms with E-state index in [9.17, 15) is 4.79 Å². The Balaban J connectivity index is 1.41. The molecule has 1 aliphatic carbocycles. The fourth-order valence-corrected chi connectivity index (χ4v) is 3.43. The Morgan fingerprint density at radius 1 is 1.09 bits per heavy atom. The molecule has 1 fully saturated rings. The van der Waals surface area contributed by atoms with Crippen LogP contribution in [0.4, 0.5) is 22.2 Å². The molecule has 9 heteroatoms. The number of amides is 1. The maximum Gasteiger partial charge on any atom is 0.407 e. The van der Waals surface area contributed by atoms with E-state index >= 15 is 0 Å². The second kappa shape index (κ2) is 10.4. The third-order valence-corrected chi connectivity index (χ3v) is 5.20. The Kier molecular flexibility index (Phi) is 7.11. The molecule has 0 radical (unpaired) electrons. The Labute approximate surface area is 205 Å². The molecule has 1 saturated carbocycles. The van der Waals surface area contributed by atoms with Crippen molar-refractivity contribution in [2.45, 2.75) is 45.1 Å². The molecule has 0 atom stereocenters. The van der Waals surface area contributed by atoms with Crippen molar-refractivity contribution in [1.82, 2.24) is 20.3 Å². The van der Waals surface area contributed by atoms with Crippen molar-refractivity contribution in [2.75, 3.05) is 23.7 Å². The van der Waals surface area contributed by atoms with Crippen molar-refractivity contribution in [1.29, 1.82) is 5.26 Å². The number of rotatable bonds is 8. The SMILES string of the molecule is CC(C)(C)OC(=O)NCCNc1ccc(-c2cc(C3CC3)cc(Nc3cc(C#N)ccn3)n2)cn1. The minimum atomic E-state index is -0.522. The molecule has 1 aliphatic rings. The van der Waals surface area contributed by atoms with Crippen LogP contribution < -0.4 is 16.0 Å². The van der Waals surface area contributed by atoms with Gasteiger partial charge in [-0.15, -0.1) is 0 Å². The van der Waals surface area contributed by atoms with Gasteiger partial charge < -0.3 is 20.7 Å². The number of pyridine rings is 3. The average molecular weight is 472 g/mol. The van der Waals surface area contributed by atoms with Crippen molar-refractivity contribution in [3.8, 4) is 17.3 Å². The highest BCUT2D eigenvalue weighted by atomic mass is 16.6. The number of ether oxygens (including phenoxy) is 1. The number of anilines is 3. The molecule has 35 heavy (non-hydrogen) atoms. The summed E-state index contributed by atoms with van der Waals surface area (Å²) in [7, 11) is 0. The third-order valence-electron chi connectivity index (χ3n) is 5.20. The van der Waals surface area contributed by atoms with Crippen LogP contribution in [-0.2, 0) is 4.74 Å². The maximum absolute atomic E-state index is 11.7. The second-order valence-corrected chi connectivity index (χ2v) is 9.40. The van der Waals surface area contributed by atoms with Gasteiger partial charge in [0.1, 0.15) is 23.1 Å². The number of hydrogen-bond donors (Lipinski definition) is 3. The quantitative estimate of drug-likeness (QED) is 0.393. The lowest BCUT2D eigenvalue weighted by molar-refractivity contribution is 0.0530. The molecule has 180 valence electrons. The van der Waals surface area contributed by atoms with E-state index < -0.39 is 11.7 Å². The van der Waals surface area contributed by atoms with Gasteiger partial charge in [0.2, 0.25) is 0 Å². The van der Waals surface area contributed by atoms with Crippen LogP contribution in [0, 0.1) is 11.3 Å². The van der Waals surface area contributed by atoms with Crippen LogP contribution >= 0.6 is 0 Å².